The highest BCUT2D eigenvalue weighted by Gasteiger charge is 1.98. The van der Waals surface area contributed by atoms with Gasteiger partial charge in [-0.2, -0.15) is 0 Å². The zero-order valence-corrected chi connectivity index (χ0v) is 8.59. The first-order valence-corrected chi connectivity index (χ1v) is 5.07. The zero-order valence-electron chi connectivity index (χ0n) is 7.00. The highest BCUT2D eigenvalue weighted by Crippen LogP contribution is 2.16. The van der Waals surface area contributed by atoms with Crippen LogP contribution >= 0.6 is 15.9 Å². The molecule has 1 rings (SSSR count). The van der Waals surface area contributed by atoms with Gasteiger partial charge in [-0.1, -0.05) is 34.1 Å². The van der Waals surface area contributed by atoms with Crippen molar-refractivity contribution >= 4 is 22.0 Å². The fourth-order valence-electron chi connectivity index (χ4n) is 0.909. The maximum atomic E-state index is 12.8. The first kappa shape index (κ1) is 10.3. The average molecular weight is 245 g/mol. The predicted molar refractivity (Wildman–Crippen MR) is 55.5 cm³/mol. The summed E-state index contributed by atoms with van der Waals surface area (Å²) in [6.07, 6.45) is 4.67. The Morgan fingerprint density at radius 1 is 1.46 bits per heavy atom. The third kappa shape index (κ3) is 3.19. The Balaban J connectivity index is 2.73. The normalized spacial score (nSPS) is 10.9. The fraction of sp³-hybridized carbons (Fsp3) is 0.200. The smallest absolute Gasteiger partial charge is 0.165 e. The van der Waals surface area contributed by atoms with Crippen molar-refractivity contribution < 1.29 is 9.50 Å². The van der Waals surface area contributed by atoms with Crippen LogP contribution in [-0.2, 0) is 0 Å². The molecule has 1 aromatic rings. The highest BCUT2D eigenvalue weighted by atomic mass is 79.9. The lowest BCUT2D eigenvalue weighted by molar-refractivity contribution is 0.432. The molecule has 0 aliphatic rings. The van der Waals surface area contributed by atoms with Gasteiger partial charge in [-0.05, 0) is 24.1 Å². The molecule has 0 aliphatic carbocycles. The summed E-state index contributed by atoms with van der Waals surface area (Å²) >= 11 is 3.28. The lowest BCUT2D eigenvalue weighted by Gasteiger charge is -1.96. The lowest BCUT2D eigenvalue weighted by atomic mass is 10.2. The SMILES string of the molecule is Oc1ccc(C=CCCBr)cc1F. The van der Waals surface area contributed by atoms with Crippen LogP contribution in [0, 0.1) is 5.82 Å². The van der Waals surface area contributed by atoms with Crippen LogP contribution in [0.2, 0.25) is 0 Å². The van der Waals surface area contributed by atoms with Gasteiger partial charge in [0, 0.05) is 5.33 Å². The van der Waals surface area contributed by atoms with Gasteiger partial charge in [0.25, 0.3) is 0 Å². The van der Waals surface area contributed by atoms with Crippen LogP contribution in [-0.4, -0.2) is 10.4 Å². The molecule has 3 heteroatoms. The number of rotatable bonds is 3. The van der Waals surface area contributed by atoms with E-state index in [2.05, 4.69) is 15.9 Å². The van der Waals surface area contributed by atoms with E-state index in [-0.39, 0.29) is 5.75 Å². The molecular weight excluding hydrogens is 235 g/mol. The summed E-state index contributed by atoms with van der Waals surface area (Å²) in [5.41, 5.74) is 0.760. The van der Waals surface area contributed by atoms with Crippen LogP contribution in [0.15, 0.2) is 24.3 Å². The molecule has 0 aromatic heterocycles. The summed E-state index contributed by atoms with van der Waals surface area (Å²) in [6, 6.07) is 4.33. The number of hydrogen-bond acceptors (Lipinski definition) is 1. The number of phenolic OH excluding ortho intramolecular Hbond substituents is 1. The van der Waals surface area contributed by atoms with Crippen molar-refractivity contribution in [3.8, 4) is 5.75 Å². The molecular formula is C10H10BrFO. The van der Waals surface area contributed by atoms with E-state index < -0.39 is 5.82 Å². The molecule has 13 heavy (non-hydrogen) atoms. The Morgan fingerprint density at radius 2 is 2.23 bits per heavy atom. The molecule has 0 fully saturated rings. The van der Waals surface area contributed by atoms with Gasteiger partial charge in [-0.3, -0.25) is 0 Å². The molecule has 0 spiro atoms. The van der Waals surface area contributed by atoms with Gasteiger partial charge < -0.3 is 5.11 Å². The molecule has 1 N–H and O–H groups in total. The molecule has 0 saturated heterocycles. The first-order valence-electron chi connectivity index (χ1n) is 3.95. The van der Waals surface area contributed by atoms with Crippen molar-refractivity contribution in [2.45, 2.75) is 6.42 Å². The Morgan fingerprint density at radius 3 is 2.85 bits per heavy atom. The zero-order chi connectivity index (χ0) is 9.68. The molecule has 0 heterocycles. The summed E-state index contributed by atoms with van der Waals surface area (Å²) in [7, 11) is 0. The molecule has 0 bridgehead atoms. The van der Waals surface area contributed by atoms with E-state index in [0.717, 1.165) is 17.3 Å². The quantitative estimate of drug-likeness (QED) is 0.810. The topological polar surface area (TPSA) is 20.2 Å². The van der Waals surface area contributed by atoms with E-state index in [1.54, 1.807) is 6.07 Å². The number of halogens is 2. The number of alkyl halides is 1. The summed E-state index contributed by atoms with van der Waals surface area (Å²) in [6.45, 7) is 0. The first-order chi connectivity index (χ1) is 6.24. The average Bonchev–Trinajstić information content (AvgIpc) is 2.12. The molecule has 0 unspecified atom stereocenters. The fourth-order valence-corrected chi connectivity index (χ4v) is 1.17. The van der Waals surface area contributed by atoms with Crippen LogP contribution in [0.25, 0.3) is 6.08 Å². The van der Waals surface area contributed by atoms with E-state index >= 15 is 0 Å². The van der Waals surface area contributed by atoms with Gasteiger partial charge in [0.1, 0.15) is 0 Å². The molecule has 0 aliphatic heterocycles. The summed E-state index contributed by atoms with van der Waals surface area (Å²) in [4.78, 5) is 0. The minimum absolute atomic E-state index is 0.308. The highest BCUT2D eigenvalue weighted by molar-refractivity contribution is 9.09. The molecule has 1 aromatic carbocycles. The number of phenols is 1. The van der Waals surface area contributed by atoms with Crippen molar-refractivity contribution in [2.24, 2.45) is 0 Å². The van der Waals surface area contributed by atoms with E-state index in [1.165, 1.54) is 12.1 Å². The Kier molecular flexibility index (Phi) is 3.96. The molecule has 0 radical (unpaired) electrons. The third-order valence-electron chi connectivity index (χ3n) is 1.56. The minimum atomic E-state index is -0.582. The van der Waals surface area contributed by atoms with Gasteiger partial charge in [0.2, 0.25) is 0 Å². The minimum Gasteiger partial charge on any atom is -0.505 e. The van der Waals surface area contributed by atoms with Gasteiger partial charge in [0.15, 0.2) is 11.6 Å². The van der Waals surface area contributed by atoms with E-state index in [1.807, 2.05) is 12.2 Å². The largest absolute Gasteiger partial charge is 0.505 e. The predicted octanol–water partition coefficient (Wildman–Crippen LogP) is 3.33. The van der Waals surface area contributed by atoms with Gasteiger partial charge in [0.05, 0.1) is 0 Å². The van der Waals surface area contributed by atoms with Gasteiger partial charge in [-0.15, -0.1) is 0 Å². The van der Waals surface area contributed by atoms with E-state index in [0.29, 0.717) is 0 Å². The lowest BCUT2D eigenvalue weighted by Crippen LogP contribution is -1.78. The van der Waals surface area contributed by atoms with Crippen molar-refractivity contribution in [3.05, 3.63) is 35.7 Å². The van der Waals surface area contributed by atoms with Crippen molar-refractivity contribution in [2.75, 3.05) is 5.33 Å². The Bertz CT molecular complexity index is 310. The third-order valence-corrected chi connectivity index (χ3v) is 2.02. The van der Waals surface area contributed by atoms with Crippen LogP contribution in [0.3, 0.4) is 0 Å². The number of aromatic hydroxyl groups is 1. The summed E-state index contributed by atoms with van der Waals surface area (Å²) in [5.74, 6) is -0.890. The second kappa shape index (κ2) is 5.02. The van der Waals surface area contributed by atoms with Crippen molar-refractivity contribution in [3.63, 3.8) is 0 Å². The molecule has 1 nitrogen and oxygen atoms in total. The molecule has 0 atom stereocenters. The van der Waals surface area contributed by atoms with Crippen LogP contribution in [0.4, 0.5) is 4.39 Å². The van der Waals surface area contributed by atoms with Crippen LogP contribution in [0.1, 0.15) is 12.0 Å². The second-order valence-corrected chi connectivity index (χ2v) is 3.38. The number of benzene rings is 1. The maximum Gasteiger partial charge on any atom is 0.165 e. The van der Waals surface area contributed by atoms with E-state index in [9.17, 15) is 4.39 Å². The van der Waals surface area contributed by atoms with Gasteiger partial charge in [-0.25, -0.2) is 4.39 Å². The van der Waals surface area contributed by atoms with Crippen LogP contribution < -0.4 is 0 Å². The molecule has 0 saturated carbocycles. The number of allylic oxidation sites excluding steroid dienone is 1. The monoisotopic (exact) mass is 244 g/mol. The second-order valence-electron chi connectivity index (χ2n) is 2.59. The Hall–Kier alpha value is -0.830. The standard InChI is InChI=1S/C10H10BrFO/c11-6-2-1-3-8-4-5-10(13)9(12)7-8/h1,3-5,7,13H,2,6H2. The molecule has 70 valence electrons. The molecule has 0 amide bonds. The van der Waals surface area contributed by atoms with E-state index in [4.69, 9.17) is 5.11 Å². The maximum absolute atomic E-state index is 12.8. The van der Waals surface area contributed by atoms with Crippen molar-refractivity contribution in [1.82, 2.24) is 0 Å². The van der Waals surface area contributed by atoms with Crippen LogP contribution in [0.5, 0.6) is 5.75 Å². The van der Waals surface area contributed by atoms with Gasteiger partial charge >= 0.3 is 0 Å². The summed E-state index contributed by atoms with van der Waals surface area (Å²) in [5, 5.41) is 9.80. The van der Waals surface area contributed by atoms with Crippen molar-refractivity contribution in [1.29, 1.82) is 0 Å². The number of hydrogen-bond donors (Lipinski definition) is 1. The Labute approximate surface area is 85.0 Å². The summed E-state index contributed by atoms with van der Waals surface area (Å²) < 4.78 is 12.8.